The Morgan fingerprint density at radius 1 is 1.06 bits per heavy atom. The highest BCUT2D eigenvalue weighted by Crippen LogP contribution is 2.51. The van der Waals surface area contributed by atoms with Crippen LogP contribution in [0.4, 0.5) is 5.69 Å². The molecule has 0 saturated carbocycles. The topological polar surface area (TPSA) is 96.4 Å². The molecule has 3 aromatic carbocycles. The maximum atomic E-state index is 14.2. The van der Waals surface area contributed by atoms with E-state index in [-0.39, 0.29) is 28.7 Å². The van der Waals surface area contributed by atoms with E-state index in [0.29, 0.717) is 21.8 Å². The molecule has 2 aliphatic heterocycles. The van der Waals surface area contributed by atoms with Gasteiger partial charge in [-0.15, -0.1) is 0 Å². The fraction of sp³-hybridized carbons (Fsp3) is 0.115. The number of nitrogens with two attached hydrogens (primary N) is 1. The van der Waals surface area contributed by atoms with Gasteiger partial charge in [-0.1, -0.05) is 65.7 Å². The van der Waals surface area contributed by atoms with Crippen LogP contribution in [0.2, 0.25) is 5.02 Å². The number of para-hydroxylation sites is 1. The quantitative estimate of drug-likeness (QED) is 0.547. The summed E-state index contributed by atoms with van der Waals surface area (Å²) in [6.45, 7) is 2.11. The highest BCUT2D eigenvalue weighted by atomic mass is 35.5. The van der Waals surface area contributed by atoms with Gasteiger partial charge in [0.05, 0.1) is 18.2 Å². The van der Waals surface area contributed by atoms with Gasteiger partial charge in [0.1, 0.15) is 16.5 Å². The predicted octanol–water partition coefficient (Wildman–Crippen LogP) is 5.17. The molecule has 0 amide bonds. The standard InChI is InChI=1S/C26H20ClN3O3S/c1-16-6-8-17(9-7-16)15-30-22-5-3-2-4-20(22)24-25(34(30,31)32)23(21(14-28)26(29)33-24)18-10-12-19(27)13-11-18/h2-13,23H,15,29H2,1H3/t23-/m1/s1. The Balaban J connectivity index is 1.75. The van der Waals surface area contributed by atoms with Crippen molar-refractivity contribution in [1.29, 1.82) is 5.26 Å². The fourth-order valence-corrected chi connectivity index (χ4v) is 6.37. The van der Waals surface area contributed by atoms with Crippen LogP contribution in [0.5, 0.6) is 0 Å². The Hall–Kier alpha value is -3.73. The van der Waals surface area contributed by atoms with E-state index in [4.69, 9.17) is 22.1 Å². The number of benzene rings is 3. The summed E-state index contributed by atoms with van der Waals surface area (Å²) in [4.78, 5) is -0.00798. The molecular formula is C26H20ClN3O3S. The zero-order valence-electron chi connectivity index (χ0n) is 18.2. The van der Waals surface area contributed by atoms with Crippen LogP contribution in [-0.4, -0.2) is 8.42 Å². The average molecular weight is 490 g/mol. The Bertz CT molecular complexity index is 1500. The van der Waals surface area contributed by atoms with E-state index in [1.807, 2.05) is 37.3 Å². The van der Waals surface area contributed by atoms with E-state index in [1.54, 1.807) is 42.5 Å². The summed E-state index contributed by atoms with van der Waals surface area (Å²) >= 11 is 6.07. The Kier molecular flexibility index (Phi) is 5.35. The number of fused-ring (bicyclic) bond motifs is 2. The number of halogens is 1. The monoisotopic (exact) mass is 489 g/mol. The lowest BCUT2D eigenvalue weighted by Gasteiger charge is -2.38. The van der Waals surface area contributed by atoms with Crippen molar-refractivity contribution in [1.82, 2.24) is 0 Å². The van der Waals surface area contributed by atoms with E-state index in [1.165, 1.54) is 4.31 Å². The first-order valence-corrected chi connectivity index (χ1v) is 12.4. The minimum Gasteiger partial charge on any atom is -0.439 e. The molecular weight excluding hydrogens is 470 g/mol. The molecule has 2 aliphatic rings. The Labute approximate surface area is 203 Å². The zero-order chi connectivity index (χ0) is 24.0. The van der Waals surface area contributed by atoms with E-state index in [0.717, 1.165) is 11.1 Å². The third-order valence-corrected chi connectivity index (χ3v) is 8.14. The Morgan fingerprint density at radius 2 is 1.74 bits per heavy atom. The van der Waals surface area contributed by atoms with E-state index in [9.17, 15) is 13.7 Å². The number of anilines is 1. The van der Waals surface area contributed by atoms with Crippen molar-refractivity contribution in [2.75, 3.05) is 4.31 Å². The highest BCUT2D eigenvalue weighted by Gasteiger charge is 2.47. The zero-order valence-corrected chi connectivity index (χ0v) is 19.8. The number of nitrogens with zero attached hydrogens (tertiary/aromatic N) is 2. The van der Waals surface area contributed by atoms with Crippen LogP contribution in [0.3, 0.4) is 0 Å². The summed E-state index contributed by atoms with van der Waals surface area (Å²) in [5.74, 6) is -0.893. The molecule has 0 aliphatic carbocycles. The number of allylic oxidation sites excluding steroid dienone is 2. The number of sulfonamides is 1. The summed E-state index contributed by atoms with van der Waals surface area (Å²) in [6, 6.07) is 23.6. The van der Waals surface area contributed by atoms with Crippen molar-refractivity contribution in [2.45, 2.75) is 19.4 Å². The van der Waals surface area contributed by atoms with Crippen molar-refractivity contribution in [3.63, 3.8) is 0 Å². The second-order valence-electron chi connectivity index (χ2n) is 8.18. The van der Waals surface area contributed by atoms with E-state index in [2.05, 4.69) is 6.07 Å². The normalized spacial score (nSPS) is 18.6. The molecule has 8 heteroatoms. The highest BCUT2D eigenvalue weighted by molar-refractivity contribution is 7.96. The molecule has 0 aromatic heterocycles. The number of rotatable bonds is 3. The van der Waals surface area contributed by atoms with Crippen molar-refractivity contribution in [3.8, 4) is 6.07 Å². The summed E-state index contributed by atoms with van der Waals surface area (Å²) in [7, 11) is -4.11. The van der Waals surface area contributed by atoms with E-state index < -0.39 is 15.9 Å². The van der Waals surface area contributed by atoms with Gasteiger partial charge in [-0.2, -0.15) is 5.26 Å². The molecule has 34 heavy (non-hydrogen) atoms. The maximum absolute atomic E-state index is 14.2. The molecule has 0 spiro atoms. The molecule has 0 unspecified atom stereocenters. The van der Waals surface area contributed by atoms with Crippen LogP contribution in [-0.2, 0) is 21.3 Å². The van der Waals surface area contributed by atoms with Crippen molar-refractivity contribution < 1.29 is 13.2 Å². The van der Waals surface area contributed by atoms with Crippen LogP contribution in [0.1, 0.15) is 28.2 Å². The van der Waals surface area contributed by atoms with Gasteiger partial charge in [0.25, 0.3) is 10.0 Å². The third-order valence-electron chi connectivity index (χ3n) is 6.01. The van der Waals surface area contributed by atoms with Crippen LogP contribution in [0.25, 0.3) is 5.76 Å². The average Bonchev–Trinajstić information content (AvgIpc) is 2.82. The number of aryl methyl sites for hydroxylation is 1. The van der Waals surface area contributed by atoms with Gasteiger partial charge in [-0.05, 0) is 42.3 Å². The van der Waals surface area contributed by atoms with Crippen LogP contribution < -0.4 is 10.0 Å². The van der Waals surface area contributed by atoms with Gasteiger partial charge in [-0.25, -0.2) is 8.42 Å². The fourth-order valence-electron chi connectivity index (χ4n) is 4.33. The molecule has 170 valence electrons. The van der Waals surface area contributed by atoms with Gasteiger partial charge in [-0.3, -0.25) is 4.31 Å². The first-order chi connectivity index (χ1) is 16.3. The molecule has 2 heterocycles. The summed E-state index contributed by atoms with van der Waals surface area (Å²) in [5.41, 5.74) is 9.77. The summed E-state index contributed by atoms with van der Waals surface area (Å²) in [5, 5.41) is 10.4. The van der Waals surface area contributed by atoms with Crippen LogP contribution in [0, 0.1) is 18.3 Å². The number of nitriles is 1. The van der Waals surface area contributed by atoms with Crippen molar-refractivity contribution in [2.24, 2.45) is 5.73 Å². The summed E-state index contributed by atoms with van der Waals surface area (Å²) < 4.78 is 35.6. The number of hydrogen-bond donors (Lipinski definition) is 1. The second-order valence-corrected chi connectivity index (χ2v) is 10.5. The lowest BCUT2D eigenvalue weighted by atomic mass is 9.88. The molecule has 5 rings (SSSR count). The minimum atomic E-state index is -4.11. The molecule has 0 radical (unpaired) electrons. The molecule has 0 saturated heterocycles. The summed E-state index contributed by atoms with van der Waals surface area (Å²) in [6.07, 6.45) is 0. The predicted molar refractivity (Wildman–Crippen MR) is 132 cm³/mol. The Morgan fingerprint density at radius 3 is 2.41 bits per heavy atom. The number of hydrogen-bond acceptors (Lipinski definition) is 5. The van der Waals surface area contributed by atoms with Gasteiger partial charge >= 0.3 is 0 Å². The van der Waals surface area contributed by atoms with Gasteiger partial charge in [0.15, 0.2) is 5.76 Å². The molecule has 6 nitrogen and oxygen atoms in total. The number of ether oxygens (including phenoxy) is 1. The van der Waals surface area contributed by atoms with Gasteiger partial charge in [0.2, 0.25) is 5.88 Å². The van der Waals surface area contributed by atoms with Gasteiger partial charge < -0.3 is 10.5 Å². The van der Waals surface area contributed by atoms with Crippen LogP contribution >= 0.6 is 11.6 Å². The van der Waals surface area contributed by atoms with Crippen LogP contribution in [0.15, 0.2) is 89.2 Å². The third kappa shape index (κ3) is 3.52. The van der Waals surface area contributed by atoms with Crippen molar-refractivity contribution in [3.05, 3.63) is 116 Å². The SMILES string of the molecule is Cc1ccc(CN2c3ccccc3C3=C([C@H](c4ccc(Cl)cc4)C(C#N)=C(N)O3)S2(=O)=O)cc1. The van der Waals surface area contributed by atoms with E-state index >= 15 is 0 Å². The molecule has 0 fully saturated rings. The molecule has 2 N–H and O–H groups in total. The van der Waals surface area contributed by atoms with Gasteiger partial charge in [0, 0.05) is 10.6 Å². The van der Waals surface area contributed by atoms with Crippen molar-refractivity contribution >= 4 is 33.1 Å². The minimum absolute atomic E-state index is 0.00798. The molecule has 3 aromatic rings. The smallest absolute Gasteiger partial charge is 0.265 e. The largest absolute Gasteiger partial charge is 0.439 e. The maximum Gasteiger partial charge on any atom is 0.265 e. The lowest BCUT2D eigenvalue weighted by Crippen LogP contribution is -2.39. The molecule has 1 atom stereocenters. The molecule has 0 bridgehead atoms. The second kappa shape index (κ2) is 8.24. The lowest BCUT2D eigenvalue weighted by molar-refractivity contribution is 0.357. The first-order valence-electron chi connectivity index (χ1n) is 10.6. The first kappa shape index (κ1) is 22.1.